The van der Waals surface area contributed by atoms with Gasteiger partial charge in [-0.15, -0.1) is 0 Å². The predicted octanol–water partition coefficient (Wildman–Crippen LogP) is 2.20. The minimum Gasteiger partial charge on any atom is -0.0657 e. The number of hydrogen-bond acceptors (Lipinski definition) is 0. The SMILES string of the molecule is CC(C)[SiH2]C(C)(C)C. The summed E-state index contributed by atoms with van der Waals surface area (Å²) in [6, 6.07) is 0. The van der Waals surface area contributed by atoms with Crippen molar-refractivity contribution in [2.45, 2.75) is 45.2 Å². The van der Waals surface area contributed by atoms with Crippen LogP contribution in [0.15, 0.2) is 0 Å². The highest BCUT2D eigenvalue weighted by Gasteiger charge is 2.12. The van der Waals surface area contributed by atoms with Crippen molar-refractivity contribution in [3.63, 3.8) is 0 Å². The first-order valence-electron chi connectivity index (χ1n) is 3.42. The molecule has 8 heavy (non-hydrogen) atoms. The Labute approximate surface area is 55.5 Å². The third-order valence-corrected chi connectivity index (χ3v) is 3.06. The lowest BCUT2D eigenvalue weighted by Gasteiger charge is -2.19. The van der Waals surface area contributed by atoms with Gasteiger partial charge in [0.1, 0.15) is 0 Å². The molecule has 0 atom stereocenters. The summed E-state index contributed by atoms with van der Waals surface area (Å²) >= 11 is 0. The number of rotatable bonds is 1. The molecule has 0 aromatic carbocycles. The molecule has 0 saturated carbocycles. The molecule has 0 unspecified atom stereocenters. The van der Waals surface area contributed by atoms with E-state index < -0.39 is 0 Å². The zero-order valence-corrected chi connectivity index (χ0v) is 8.20. The molecule has 0 nitrogen and oxygen atoms in total. The summed E-state index contributed by atoms with van der Waals surface area (Å²) in [5.74, 6) is 0. The van der Waals surface area contributed by atoms with Gasteiger partial charge in [-0.25, -0.2) is 0 Å². The van der Waals surface area contributed by atoms with E-state index in [4.69, 9.17) is 0 Å². The fourth-order valence-corrected chi connectivity index (χ4v) is 3.67. The van der Waals surface area contributed by atoms with E-state index in [1.165, 1.54) is 0 Å². The lowest BCUT2D eigenvalue weighted by molar-refractivity contribution is 0.736. The summed E-state index contributed by atoms with van der Waals surface area (Å²) < 4.78 is 0. The zero-order chi connectivity index (χ0) is 6.78. The van der Waals surface area contributed by atoms with Crippen molar-refractivity contribution in [3.8, 4) is 0 Å². The Morgan fingerprint density at radius 1 is 1.12 bits per heavy atom. The maximum absolute atomic E-state index is 2.35. The maximum atomic E-state index is 2.35. The van der Waals surface area contributed by atoms with Crippen molar-refractivity contribution >= 4 is 9.52 Å². The monoisotopic (exact) mass is 130 g/mol. The largest absolute Gasteiger partial charge is 0.0657 e. The van der Waals surface area contributed by atoms with E-state index in [-0.39, 0.29) is 9.52 Å². The van der Waals surface area contributed by atoms with Crippen molar-refractivity contribution in [2.24, 2.45) is 0 Å². The average Bonchev–Trinajstić information content (AvgIpc) is 1.21. The third kappa shape index (κ3) is 6.22. The first-order valence-corrected chi connectivity index (χ1v) is 4.94. The molecular formula is C7H18Si. The second-order valence-corrected chi connectivity index (χ2v) is 8.32. The van der Waals surface area contributed by atoms with Gasteiger partial charge >= 0.3 is 0 Å². The van der Waals surface area contributed by atoms with Crippen LogP contribution in [0.4, 0.5) is 0 Å². The van der Waals surface area contributed by atoms with E-state index in [0.717, 1.165) is 5.54 Å². The number of hydrogen-bond donors (Lipinski definition) is 0. The Hall–Kier alpha value is 0.217. The van der Waals surface area contributed by atoms with Crippen LogP contribution < -0.4 is 0 Å². The van der Waals surface area contributed by atoms with Gasteiger partial charge in [-0.05, 0) is 5.04 Å². The Morgan fingerprint density at radius 3 is 1.50 bits per heavy atom. The van der Waals surface area contributed by atoms with E-state index in [2.05, 4.69) is 34.6 Å². The molecule has 0 aliphatic heterocycles. The molecule has 0 bridgehead atoms. The minimum atomic E-state index is 0.184. The second kappa shape index (κ2) is 2.67. The van der Waals surface area contributed by atoms with Gasteiger partial charge in [-0.3, -0.25) is 0 Å². The standard InChI is InChI=1S/C7H18Si/c1-6(2)8-7(3,4)5/h6H,8H2,1-5H3. The molecule has 0 aliphatic carbocycles. The molecule has 50 valence electrons. The molecule has 0 fully saturated rings. The fourth-order valence-electron chi connectivity index (χ4n) is 1.22. The first kappa shape index (κ1) is 8.22. The van der Waals surface area contributed by atoms with Gasteiger partial charge < -0.3 is 0 Å². The Kier molecular flexibility index (Phi) is 2.74. The van der Waals surface area contributed by atoms with Crippen molar-refractivity contribution in [1.82, 2.24) is 0 Å². The van der Waals surface area contributed by atoms with Crippen molar-refractivity contribution < 1.29 is 0 Å². The van der Waals surface area contributed by atoms with Gasteiger partial charge in [0.05, 0.1) is 0 Å². The predicted molar refractivity (Wildman–Crippen MR) is 43.4 cm³/mol. The smallest absolute Gasteiger partial charge is 0.0286 e. The molecule has 0 rings (SSSR count). The fraction of sp³-hybridized carbons (Fsp3) is 1.00. The van der Waals surface area contributed by atoms with Gasteiger partial charge in [0, 0.05) is 9.52 Å². The second-order valence-electron chi connectivity index (χ2n) is 4.16. The van der Waals surface area contributed by atoms with Gasteiger partial charge in [-0.2, -0.15) is 0 Å². The summed E-state index contributed by atoms with van der Waals surface area (Å²) in [5.41, 5.74) is 0.981. The van der Waals surface area contributed by atoms with Crippen molar-refractivity contribution in [2.75, 3.05) is 0 Å². The van der Waals surface area contributed by atoms with Crippen LogP contribution in [0.1, 0.15) is 34.6 Å². The molecule has 0 heterocycles. The lowest BCUT2D eigenvalue weighted by atomic mass is 10.2. The molecule has 0 amide bonds. The van der Waals surface area contributed by atoms with Crippen LogP contribution in [0.5, 0.6) is 0 Å². The summed E-state index contributed by atoms with van der Waals surface area (Å²) in [4.78, 5) is 0. The van der Waals surface area contributed by atoms with E-state index in [1.54, 1.807) is 0 Å². The highest BCUT2D eigenvalue weighted by Crippen LogP contribution is 2.24. The van der Waals surface area contributed by atoms with Gasteiger partial charge in [-0.1, -0.05) is 40.2 Å². The van der Waals surface area contributed by atoms with E-state index in [9.17, 15) is 0 Å². The molecule has 0 aromatic heterocycles. The molecule has 0 radical (unpaired) electrons. The van der Waals surface area contributed by atoms with Crippen LogP contribution >= 0.6 is 0 Å². The summed E-state index contributed by atoms with van der Waals surface area (Å²) in [5, 5.41) is 0.661. The summed E-state index contributed by atoms with van der Waals surface area (Å²) in [7, 11) is 0.184. The lowest BCUT2D eigenvalue weighted by Crippen LogP contribution is -2.10. The van der Waals surface area contributed by atoms with Crippen LogP contribution in [-0.4, -0.2) is 9.52 Å². The van der Waals surface area contributed by atoms with Gasteiger partial charge in [0.15, 0.2) is 0 Å². The molecular weight excluding hydrogens is 112 g/mol. The van der Waals surface area contributed by atoms with Crippen molar-refractivity contribution in [1.29, 1.82) is 0 Å². The van der Waals surface area contributed by atoms with E-state index >= 15 is 0 Å². The van der Waals surface area contributed by atoms with Gasteiger partial charge in [0.2, 0.25) is 0 Å². The van der Waals surface area contributed by atoms with Crippen LogP contribution in [-0.2, 0) is 0 Å². The highest BCUT2D eigenvalue weighted by molar-refractivity contribution is 6.41. The normalized spacial score (nSPS) is 14.2. The van der Waals surface area contributed by atoms with Crippen LogP contribution in [0.3, 0.4) is 0 Å². The summed E-state index contributed by atoms with van der Waals surface area (Å²) in [6.07, 6.45) is 0. The Balaban J connectivity index is 3.39. The topological polar surface area (TPSA) is 0 Å². The molecule has 0 saturated heterocycles. The molecule has 0 spiro atoms. The molecule has 1 heteroatoms. The van der Waals surface area contributed by atoms with E-state index in [0.29, 0.717) is 5.04 Å². The zero-order valence-electron chi connectivity index (χ0n) is 6.78. The van der Waals surface area contributed by atoms with Crippen LogP contribution in [0.25, 0.3) is 0 Å². The molecule has 0 aromatic rings. The highest BCUT2D eigenvalue weighted by atomic mass is 28.2. The van der Waals surface area contributed by atoms with Crippen LogP contribution in [0, 0.1) is 0 Å². The molecule has 0 N–H and O–H groups in total. The summed E-state index contributed by atoms with van der Waals surface area (Å²) in [6.45, 7) is 11.7. The first-order chi connectivity index (χ1) is 3.42. The minimum absolute atomic E-state index is 0.184. The van der Waals surface area contributed by atoms with Crippen molar-refractivity contribution in [3.05, 3.63) is 0 Å². The quantitative estimate of drug-likeness (QED) is 0.477. The Bertz CT molecular complexity index is 59.3. The van der Waals surface area contributed by atoms with E-state index in [1.807, 2.05) is 0 Å². The van der Waals surface area contributed by atoms with Gasteiger partial charge in [0.25, 0.3) is 0 Å². The molecule has 0 aliphatic rings. The average molecular weight is 130 g/mol. The Morgan fingerprint density at radius 2 is 1.50 bits per heavy atom. The third-order valence-electron chi connectivity index (χ3n) is 1.02. The maximum Gasteiger partial charge on any atom is 0.0286 e. The van der Waals surface area contributed by atoms with Crippen LogP contribution in [0.2, 0.25) is 10.6 Å².